The Morgan fingerprint density at radius 3 is 2.95 bits per heavy atom. The Morgan fingerprint density at radius 1 is 1.26 bits per heavy atom. The van der Waals surface area contributed by atoms with Gasteiger partial charge in [-0.2, -0.15) is 0 Å². The average Bonchev–Trinajstić information content (AvgIpc) is 2.72. The van der Waals surface area contributed by atoms with Crippen molar-refractivity contribution in [1.82, 2.24) is 9.47 Å². The maximum Gasteiger partial charge on any atom is 0.0483 e. The van der Waals surface area contributed by atoms with E-state index in [-0.39, 0.29) is 0 Å². The molecule has 98 valence electrons. The van der Waals surface area contributed by atoms with Gasteiger partial charge in [-0.3, -0.25) is 0 Å². The summed E-state index contributed by atoms with van der Waals surface area (Å²) in [5, 5.41) is 1.57. The lowest BCUT2D eigenvalue weighted by Crippen LogP contribution is -2.40. The summed E-state index contributed by atoms with van der Waals surface area (Å²) in [6.45, 7) is 3.76. The molecule has 2 heterocycles. The molecule has 1 aliphatic heterocycles. The van der Waals surface area contributed by atoms with Gasteiger partial charge in [0.25, 0.3) is 0 Å². The minimum atomic E-state index is 0.454. The highest BCUT2D eigenvalue weighted by atomic mass is 15.2. The van der Waals surface area contributed by atoms with E-state index in [2.05, 4.69) is 54.9 Å². The van der Waals surface area contributed by atoms with Crippen LogP contribution in [0.4, 0.5) is 0 Å². The first-order valence-electron chi connectivity index (χ1n) is 7.34. The van der Waals surface area contributed by atoms with Crippen LogP contribution in [-0.2, 0) is 18.9 Å². The monoisotopic (exact) mass is 252 g/mol. The highest BCUT2D eigenvalue weighted by Crippen LogP contribution is 2.73. The van der Waals surface area contributed by atoms with E-state index < -0.39 is 0 Å². The Kier molecular flexibility index (Phi) is 1.52. The van der Waals surface area contributed by atoms with Gasteiger partial charge in [-0.05, 0) is 42.5 Å². The van der Waals surface area contributed by atoms with E-state index >= 15 is 0 Å². The quantitative estimate of drug-likeness (QED) is 0.700. The normalized spacial score (nSPS) is 39.4. The van der Waals surface area contributed by atoms with Crippen LogP contribution in [-0.4, -0.2) is 29.1 Å². The molecule has 2 aromatic rings. The summed E-state index contributed by atoms with van der Waals surface area (Å²) >= 11 is 0. The van der Waals surface area contributed by atoms with Gasteiger partial charge in [-0.25, -0.2) is 0 Å². The Morgan fingerprint density at radius 2 is 2.11 bits per heavy atom. The van der Waals surface area contributed by atoms with E-state index in [0.717, 1.165) is 6.04 Å². The second kappa shape index (κ2) is 2.76. The van der Waals surface area contributed by atoms with E-state index in [0.29, 0.717) is 10.8 Å². The fraction of sp³-hybridized carbons (Fsp3) is 0.529. The summed E-state index contributed by atoms with van der Waals surface area (Å²) < 4.78 is 2.31. The zero-order valence-corrected chi connectivity index (χ0v) is 11.9. The number of piperidine rings is 1. The fourth-order valence-corrected chi connectivity index (χ4v) is 5.53. The molecular weight excluding hydrogens is 232 g/mol. The molecule has 5 rings (SSSR count). The van der Waals surface area contributed by atoms with E-state index in [1.807, 2.05) is 0 Å². The van der Waals surface area contributed by atoms with Crippen LogP contribution in [0.5, 0.6) is 0 Å². The molecule has 3 unspecified atom stereocenters. The Bertz CT molecular complexity index is 728. The molecule has 1 aromatic heterocycles. The lowest BCUT2D eigenvalue weighted by atomic mass is 9.75. The number of rotatable bonds is 0. The Labute approximate surface area is 114 Å². The van der Waals surface area contributed by atoms with Gasteiger partial charge in [0.05, 0.1) is 0 Å². The number of hydrogen-bond donors (Lipinski definition) is 0. The molecule has 1 aromatic carbocycles. The van der Waals surface area contributed by atoms with Crippen molar-refractivity contribution in [3.8, 4) is 0 Å². The van der Waals surface area contributed by atoms with E-state index in [1.54, 1.807) is 16.5 Å². The van der Waals surface area contributed by atoms with Gasteiger partial charge in [0.1, 0.15) is 0 Å². The smallest absolute Gasteiger partial charge is 0.0483 e. The Balaban J connectivity index is 1.90. The summed E-state index contributed by atoms with van der Waals surface area (Å²) in [4.78, 5) is 2.61. The van der Waals surface area contributed by atoms with Crippen LogP contribution in [0.3, 0.4) is 0 Å². The predicted octanol–water partition coefficient (Wildman–Crippen LogP) is 2.70. The number of likely N-dealkylation sites (N-methyl/N-ethyl adjacent to an activating group) is 1. The molecule has 0 bridgehead atoms. The molecule has 1 saturated carbocycles. The third-order valence-electron chi connectivity index (χ3n) is 6.31. The first-order chi connectivity index (χ1) is 9.07. The molecule has 1 saturated heterocycles. The number of nitrogens with zero attached hydrogens (tertiary/aromatic N) is 2. The number of likely N-dealkylation sites (tertiary alicyclic amines) is 1. The lowest BCUT2D eigenvalue weighted by Gasteiger charge is -2.34. The first kappa shape index (κ1) is 10.5. The maximum absolute atomic E-state index is 2.61. The zero-order chi connectivity index (χ0) is 13.0. The van der Waals surface area contributed by atoms with Gasteiger partial charge >= 0.3 is 0 Å². The van der Waals surface area contributed by atoms with Crippen LogP contribution >= 0.6 is 0 Å². The SMILES string of the molecule is CN1CC2(C)CC23c2cccc4c2c(cn4C)CC13. The van der Waals surface area contributed by atoms with E-state index in [9.17, 15) is 0 Å². The highest BCUT2D eigenvalue weighted by molar-refractivity contribution is 5.91. The van der Waals surface area contributed by atoms with Gasteiger partial charge in [-0.1, -0.05) is 19.1 Å². The van der Waals surface area contributed by atoms with Gasteiger partial charge < -0.3 is 9.47 Å². The van der Waals surface area contributed by atoms with Crippen LogP contribution < -0.4 is 0 Å². The van der Waals surface area contributed by atoms with Crippen molar-refractivity contribution in [2.45, 2.75) is 31.2 Å². The number of aromatic nitrogens is 1. The maximum atomic E-state index is 2.61. The molecular formula is C17H20N2. The molecule has 3 atom stereocenters. The number of benzene rings is 1. The average molecular weight is 252 g/mol. The van der Waals surface area contributed by atoms with Crippen molar-refractivity contribution in [2.75, 3.05) is 13.6 Å². The van der Waals surface area contributed by atoms with Crippen molar-refractivity contribution in [2.24, 2.45) is 12.5 Å². The molecule has 19 heavy (non-hydrogen) atoms. The first-order valence-corrected chi connectivity index (χ1v) is 7.34. The number of hydrogen-bond acceptors (Lipinski definition) is 1. The summed E-state index contributed by atoms with van der Waals surface area (Å²) in [5.41, 5.74) is 5.60. The van der Waals surface area contributed by atoms with Crippen molar-refractivity contribution >= 4 is 10.9 Å². The Hall–Kier alpha value is -1.28. The molecule has 0 amide bonds. The van der Waals surface area contributed by atoms with Gasteiger partial charge in [0.15, 0.2) is 0 Å². The van der Waals surface area contributed by atoms with Crippen molar-refractivity contribution < 1.29 is 0 Å². The van der Waals surface area contributed by atoms with E-state index in [4.69, 9.17) is 0 Å². The topological polar surface area (TPSA) is 8.17 Å². The molecule has 0 N–H and O–H groups in total. The predicted molar refractivity (Wildman–Crippen MR) is 77.4 cm³/mol. The molecule has 0 radical (unpaired) electrons. The summed E-state index contributed by atoms with van der Waals surface area (Å²) in [5.74, 6) is 0. The van der Waals surface area contributed by atoms with Gasteiger partial charge in [0.2, 0.25) is 0 Å². The summed E-state index contributed by atoms with van der Waals surface area (Å²) in [6, 6.07) is 7.66. The third kappa shape index (κ3) is 0.921. The highest BCUT2D eigenvalue weighted by Gasteiger charge is 2.74. The fourth-order valence-electron chi connectivity index (χ4n) is 5.53. The van der Waals surface area contributed by atoms with Gasteiger partial charge in [0, 0.05) is 42.1 Å². The van der Waals surface area contributed by atoms with Gasteiger partial charge in [-0.15, -0.1) is 0 Å². The second-order valence-corrected chi connectivity index (χ2v) is 7.31. The second-order valence-electron chi connectivity index (χ2n) is 7.31. The zero-order valence-electron chi connectivity index (χ0n) is 11.9. The summed E-state index contributed by atoms with van der Waals surface area (Å²) in [6.07, 6.45) is 4.98. The largest absolute Gasteiger partial charge is 0.350 e. The van der Waals surface area contributed by atoms with Crippen LogP contribution in [0.2, 0.25) is 0 Å². The molecule has 3 aliphatic rings. The molecule has 2 heteroatoms. The lowest BCUT2D eigenvalue weighted by molar-refractivity contribution is 0.246. The minimum Gasteiger partial charge on any atom is -0.350 e. The van der Waals surface area contributed by atoms with Crippen LogP contribution in [0.15, 0.2) is 24.4 Å². The van der Waals surface area contributed by atoms with Crippen LogP contribution in [0.1, 0.15) is 24.5 Å². The van der Waals surface area contributed by atoms with Crippen LogP contribution in [0.25, 0.3) is 10.9 Å². The molecule has 2 aliphatic carbocycles. The third-order valence-corrected chi connectivity index (χ3v) is 6.31. The van der Waals surface area contributed by atoms with Crippen molar-refractivity contribution in [3.05, 3.63) is 35.5 Å². The van der Waals surface area contributed by atoms with Crippen molar-refractivity contribution in [1.29, 1.82) is 0 Å². The van der Waals surface area contributed by atoms with Crippen molar-refractivity contribution in [3.63, 3.8) is 0 Å². The molecule has 2 nitrogen and oxygen atoms in total. The molecule has 1 spiro atoms. The number of aryl methyl sites for hydroxylation is 1. The standard InChI is InChI=1S/C17H20N2/c1-16-9-17(16)12-5-4-6-13-15(12)11(8-18(13)2)7-14(17)19(3)10-16/h4-6,8,14H,7,9-10H2,1-3H3. The molecule has 2 fully saturated rings. The van der Waals surface area contributed by atoms with E-state index in [1.165, 1.54) is 24.9 Å². The minimum absolute atomic E-state index is 0.454. The summed E-state index contributed by atoms with van der Waals surface area (Å²) in [7, 11) is 4.50. The van der Waals surface area contributed by atoms with Crippen LogP contribution in [0, 0.1) is 5.41 Å².